The predicted octanol–water partition coefficient (Wildman–Crippen LogP) is 7.75. The molecular formula is C38H34NO3PS. The highest BCUT2D eigenvalue weighted by Crippen LogP contribution is 2.59. The number of benzene rings is 5. The molecule has 0 saturated heterocycles. The van der Waals surface area contributed by atoms with Gasteiger partial charge in [-0.15, -0.1) is 0 Å². The van der Waals surface area contributed by atoms with Gasteiger partial charge in [0.2, 0.25) is 0 Å². The number of aryl methyl sites for hydroxylation is 1. The molecule has 1 aliphatic rings. The molecule has 1 aliphatic heterocycles. The second-order valence-corrected chi connectivity index (χ2v) is 15.0. The summed E-state index contributed by atoms with van der Waals surface area (Å²) < 4.78 is 12.8. The first-order valence-electron chi connectivity index (χ1n) is 14.7. The van der Waals surface area contributed by atoms with Gasteiger partial charge in [0.05, 0.1) is 24.4 Å². The molecule has 1 heterocycles. The highest BCUT2D eigenvalue weighted by Gasteiger charge is 2.56. The molecule has 0 spiro atoms. The van der Waals surface area contributed by atoms with Crippen LogP contribution in [-0.4, -0.2) is 12.6 Å². The summed E-state index contributed by atoms with van der Waals surface area (Å²) in [4.78, 5) is 13.7. The molecule has 4 nitrogen and oxygen atoms in total. The van der Waals surface area contributed by atoms with E-state index < -0.39 is 23.8 Å². The SMILES string of the molecule is C=C(C(=O)OCC)[C@]1(c2ccc(C)cc2)Oc2c(-c3ccccc3)cccc2[C@H]1NP(=S)(c1ccccc1)c1ccccc1. The van der Waals surface area contributed by atoms with Gasteiger partial charge in [-0.1, -0.05) is 157 Å². The van der Waals surface area contributed by atoms with E-state index >= 15 is 0 Å². The molecule has 0 aromatic heterocycles. The monoisotopic (exact) mass is 615 g/mol. The third-order valence-electron chi connectivity index (χ3n) is 8.11. The molecule has 1 N–H and O–H groups in total. The molecule has 220 valence electrons. The van der Waals surface area contributed by atoms with Gasteiger partial charge >= 0.3 is 5.97 Å². The van der Waals surface area contributed by atoms with Gasteiger partial charge in [0.25, 0.3) is 0 Å². The Hall–Kier alpha value is -4.28. The Morgan fingerprint density at radius 3 is 1.98 bits per heavy atom. The van der Waals surface area contributed by atoms with Crippen LogP contribution in [0.25, 0.3) is 11.1 Å². The van der Waals surface area contributed by atoms with Crippen molar-refractivity contribution in [3.8, 4) is 16.9 Å². The molecular weight excluding hydrogens is 581 g/mol. The van der Waals surface area contributed by atoms with Gasteiger partial charge in [-0.3, -0.25) is 5.09 Å². The van der Waals surface area contributed by atoms with Crippen LogP contribution in [0.3, 0.4) is 0 Å². The maximum Gasteiger partial charge on any atom is 0.337 e. The second kappa shape index (κ2) is 12.4. The molecule has 6 heteroatoms. The van der Waals surface area contributed by atoms with Crippen LogP contribution >= 0.6 is 6.19 Å². The minimum absolute atomic E-state index is 0.207. The summed E-state index contributed by atoms with van der Waals surface area (Å²) in [5, 5.41) is 5.99. The number of rotatable bonds is 9. The van der Waals surface area contributed by atoms with Crippen LogP contribution in [-0.2, 0) is 26.9 Å². The number of para-hydroxylation sites is 1. The first-order chi connectivity index (χ1) is 21.4. The van der Waals surface area contributed by atoms with Crippen molar-refractivity contribution in [2.45, 2.75) is 25.5 Å². The molecule has 0 radical (unpaired) electrons. The van der Waals surface area contributed by atoms with E-state index in [4.69, 9.17) is 21.3 Å². The highest BCUT2D eigenvalue weighted by atomic mass is 32.4. The number of hydrogen-bond donors (Lipinski definition) is 1. The van der Waals surface area contributed by atoms with Crippen molar-refractivity contribution in [3.63, 3.8) is 0 Å². The second-order valence-electron chi connectivity index (χ2n) is 10.8. The quantitative estimate of drug-likeness (QED) is 0.104. The van der Waals surface area contributed by atoms with Crippen LogP contribution in [0.1, 0.15) is 29.7 Å². The van der Waals surface area contributed by atoms with Crippen LogP contribution in [0.4, 0.5) is 0 Å². The average molecular weight is 616 g/mol. The summed E-state index contributed by atoms with van der Waals surface area (Å²) in [7, 11) is 0. The van der Waals surface area contributed by atoms with Gasteiger partial charge in [0, 0.05) is 27.3 Å². The molecule has 6 rings (SSSR count). The zero-order chi connectivity index (χ0) is 30.7. The van der Waals surface area contributed by atoms with Gasteiger partial charge in [-0.05, 0) is 19.4 Å². The number of ether oxygens (including phenoxy) is 2. The van der Waals surface area contributed by atoms with E-state index in [-0.39, 0.29) is 12.2 Å². The van der Waals surface area contributed by atoms with Crippen molar-refractivity contribution in [3.05, 3.63) is 162 Å². The van der Waals surface area contributed by atoms with Crippen molar-refractivity contribution in [1.82, 2.24) is 5.09 Å². The molecule has 0 bridgehead atoms. The normalized spacial score (nSPS) is 17.4. The van der Waals surface area contributed by atoms with Gasteiger partial charge in [0.1, 0.15) is 5.75 Å². The van der Waals surface area contributed by atoms with E-state index in [2.05, 4.69) is 54.1 Å². The fourth-order valence-corrected chi connectivity index (χ4v) is 9.41. The van der Waals surface area contributed by atoms with Crippen molar-refractivity contribution >= 4 is 34.6 Å². The molecule has 2 atom stereocenters. The van der Waals surface area contributed by atoms with Crippen LogP contribution < -0.4 is 20.4 Å². The number of nitrogens with one attached hydrogen (secondary N) is 1. The molecule has 44 heavy (non-hydrogen) atoms. The Bertz CT molecular complexity index is 1800. The summed E-state index contributed by atoms with van der Waals surface area (Å²) in [5.41, 5.74) is 3.58. The van der Waals surface area contributed by atoms with Crippen LogP contribution in [0.5, 0.6) is 5.75 Å². The van der Waals surface area contributed by atoms with Gasteiger partial charge in [-0.2, -0.15) is 0 Å². The third kappa shape index (κ3) is 5.22. The van der Waals surface area contributed by atoms with Crippen molar-refractivity contribution in [2.24, 2.45) is 0 Å². The molecule has 5 aromatic carbocycles. The summed E-state index contributed by atoms with van der Waals surface area (Å²) in [6.07, 6.45) is -2.70. The Morgan fingerprint density at radius 2 is 1.41 bits per heavy atom. The zero-order valence-corrected chi connectivity index (χ0v) is 26.5. The number of carbonyl (C=O) groups is 1. The number of hydrogen-bond acceptors (Lipinski definition) is 4. The summed E-state index contributed by atoms with van der Waals surface area (Å²) in [6.45, 7) is 8.42. The summed E-state index contributed by atoms with van der Waals surface area (Å²) in [6, 6.07) is 44.1. The van der Waals surface area contributed by atoms with Crippen LogP contribution in [0.15, 0.2) is 146 Å². The Kier molecular flexibility index (Phi) is 8.38. The fraction of sp³-hybridized carbons (Fsp3) is 0.132. The molecule has 0 fully saturated rings. The Labute approximate surface area is 264 Å². The largest absolute Gasteiger partial charge is 0.475 e. The molecule has 0 amide bonds. The van der Waals surface area contributed by atoms with Crippen molar-refractivity contribution in [1.29, 1.82) is 0 Å². The molecule has 0 saturated carbocycles. The summed E-state index contributed by atoms with van der Waals surface area (Å²) in [5.74, 6) is 0.173. The number of fused-ring (bicyclic) bond motifs is 1. The third-order valence-corrected chi connectivity index (χ3v) is 12.4. The smallest absolute Gasteiger partial charge is 0.337 e. The van der Waals surface area contributed by atoms with E-state index in [0.717, 1.165) is 38.4 Å². The minimum atomic E-state index is -2.70. The zero-order valence-electron chi connectivity index (χ0n) is 24.8. The number of esters is 1. The summed E-state index contributed by atoms with van der Waals surface area (Å²) >= 11 is 6.70. The Morgan fingerprint density at radius 1 is 0.841 bits per heavy atom. The van der Waals surface area contributed by atoms with E-state index in [1.165, 1.54) is 0 Å². The lowest BCUT2D eigenvalue weighted by Crippen LogP contribution is -2.46. The molecule has 0 aliphatic carbocycles. The van der Waals surface area contributed by atoms with Gasteiger partial charge in [0.15, 0.2) is 5.60 Å². The average Bonchev–Trinajstić information content (AvgIpc) is 3.40. The van der Waals surface area contributed by atoms with Gasteiger partial charge < -0.3 is 9.47 Å². The van der Waals surface area contributed by atoms with E-state index in [0.29, 0.717) is 5.75 Å². The van der Waals surface area contributed by atoms with Crippen molar-refractivity contribution in [2.75, 3.05) is 6.61 Å². The lowest BCUT2D eigenvalue weighted by molar-refractivity contribution is -0.141. The fourth-order valence-electron chi connectivity index (χ4n) is 5.90. The van der Waals surface area contributed by atoms with E-state index in [1.54, 1.807) is 6.92 Å². The van der Waals surface area contributed by atoms with Crippen LogP contribution in [0, 0.1) is 6.92 Å². The maximum absolute atomic E-state index is 13.7. The van der Waals surface area contributed by atoms with Crippen molar-refractivity contribution < 1.29 is 14.3 Å². The number of carbonyl (C=O) groups excluding carboxylic acids is 1. The standard InChI is InChI=1S/C38H34NO3PS/c1-4-41-37(40)28(3)38(30-25-23-27(2)24-26-30)36(34-22-14-21-33(35(34)42-38)29-15-8-5-9-16-29)39-43(44,31-17-10-6-11-18-31)32-19-12-7-13-20-32/h5-26,36H,3-4H2,1-2H3,(H,39,44)/t36-,38-/m1/s1. The van der Waals surface area contributed by atoms with E-state index in [9.17, 15) is 4.79 Å². The van der Waals surface area contributed by atoms with E-state index in [1.807, 2.05) is 97.9 Å². The van der Waals surface area contributed by atoms with Gasteiger partial charge in [-0.25, -0.2) is 4.79 Å². The lowest BCUT2D eigenvalue weighted by atomic mass is 9.79. The molecule has 5 aromatic rings. The minimum Gasteiger partial charge on any atom is -0.475 e. The lowest BCUT2D eigenvalue weighted by Gasteiger charge is -2.39. The maximum atomic E-state index is 13.7. The Balaban J connectivity index is 1.65. The predicted molar refractivity (Wildman–Crippen MR) is 183 cm³/mol. The first-order valence-corrected chi connectivity index (χ1v) is 17.5. The highest BCUT2D eigenvalue weighted by molar-refractivity contribution is 8.20. The first kappa shape index (κ1) is 29.8. The van der Waals surface area contributed by atoms with Crippen LogP contribution in [0.2, 0.25) is 0 Å². The molecule has 0 unspecified atom stereocenters. The topological polar surface area (TPSA) is 47.6 Å².